The molecule has 4 heterocycles. The molecule has 8 aromatic rings. The molecule has 0 saturated carbocycles. The van der Waals surface area contributed by atoms with Crippen molar-refractivity contribution in [1.82, 2.24) is 19.9 Å². The number of hydrogen-bond donors (Lipinski definition) is 0. The van der Waals surface area contributed by atoms with Crippen molar-refractivity contribution in [3.05, 3.63) is 139 Å². The van der Waals surface area contributed by atoms with Gasteiger partial charge in [-0.1, -0.05) is 117 Å². The summed E-state index contributed by atoms with van der Waals surface area (Å²) in [5.41, 5.74) is 6.26. The Morgan fingerprint density at radius 2 is 1.20 bits per heavy atom. The van der Waals surface area contributed by atoms with Gasteiger partial charge in [0.2, 0.25) is 5.95 Å². The van der Waals surface area contributed by atoms with Crippen LogP contribution >= 0.6 is 11.3 Å². The summed E-state index contributed by atoms with van der Waals surface area (Å²) in [7, 11) is 0. The van der Waals surface area contributed by atoms with Crippen molar-refractivity contribution >= 4 is 59.7 Å². The van der Waals surface area contributed by atoms with E-state index in [4.69, 9.17) is 19.9 Å². The predicted octanol–water partition coefficient (Wildman–Crippen LogP) is 10.2. The van der Waals surface area contributed by atoms with Crippen LogP contribution in [0.5, 0.6) is 0 Å². The maximum Gasteiger partial charge on any atom is 0.238 e. The van der Waals surface area contributed by atoms with Crippen molar-refractivity contribution in [3.63, 3.8) is 0 Å². The van der Waals surface area contributed by atoms with Crippen molar-refractivity contribution in [2.24, 2.45) is 0 Å². The Hall–Kier alpha value is -5.46. The number of rotatable bonds is 3. The average molecular weight is 598 g/mol. The number of aromatic nitrogens is 4. The van der Waals surface area contributed by atoms with Crippen LogP contribution < -0.4 is 4.90 Å². The molecule has 0 saturated heterocycles. The van der Waals surface area contributed by atoms with Crippen LogP contribution in [0.3, 0.4) is 0 Å². The highest BCUT2D eigenvalue weighted by molar-refractivity contribution is 7.26. The Bertz CT molecular complexity index is 2360. The number of benzene rings is 5. The van der Waals surface area contributed by atoms with Gasteiger partial charge in [-0.25, -0.2) is 9.97 Å². The molecular formula is C39H27N5S. The number of thiophene rings is 1. The Labute approximate surface area is 264 Å². The smallest absolute Gasteiger partial charge is 0.238 e. The van der Waals surface area contributed by atoms with Crippen molar-refractivity contribution in [3.8, 4) is 22.8 Å². The third kappa shape index (κ3) is 3.85. The molecule has 0 fully saturated rings. The summed E-state index contributed by atoms with van der Waals surface area (Å²) < 4.78 is 1.18. The first-order valence-electron chi connectivity index (χ1n) is 15.1. The van der Waals surface area contributed by atoms with Gasteiger partial charge in [0.05, 0.1) is 16.1 Å². The van der Waals surface area contributed by atoms with E-state index in [9.17, 15) is 0 Å². The Morgan fingerprint density at radius 1 is 0.600 bits per heavy atom. The molecule has 45 heavy (non-hydrogen) atoms. The molecule has 0 amide bonds. The van der Waals surface area contributed by atoms with Crippen LogP contribution in [0.15, 0.2) is 128 Å². The standard InChI is InChI=1S/C39H27N5S/c1-39(2)29-21-11-12-22-30(29)44(38-42-35(24-14-5-3-6-15-24)41-36(43-38)25-16-7-4-8-17-25)33-32(39)27-19-10-9-18-26(27)31-28-20-13-23-40-37(28)45-34(31)33/h3-23H,1-2H3. The number of nitrogens with zero attached hydrogens (tertiary/aromatic N) is 5. The lowest BCUT2D eigenvalue weighted by atomic mass is 9.71. The average Bonchev–Trinajstić information content (AvgIpc) is 3.49. The Morgan fingerprint density at radius 3 is 1.91 bits per heavy atom. The van der Waals surface area contributed by atoms with Gasteiger partial charge in [-0.05, 0) is 40.1 Å². The van der Waals surface area contributed by atoms with Crippen LogP contribution in [0.4, 0.5) is 17.3 Å². The Balaban J connectivity index is 1.45. The normalized spacial score (nSPS) is 13.7. The van der Waals surface area contributed by atoms with Crippen LogP contribution in [0.25, 0.3) is 53.9 Å². The zero-order chi connectivity index (χ0) is 30.1. The summed E-state index contributed by atoms with van der Waals surface area (Å²) in [6.45, 7) is 4.67. The van der Waals surface area contributed by atoms with Crippen molar-refractivity contribution < 1.29 is 0 Å². The quantitative estimate of drug-likeness (QED) is 0.203. The molecule has 0 unspecified atom stereocenters. The van der Waals surface area contributed by atoms with Gasteiger partial charge in [0, 0.05) is 33.5 Å². The molecule has 3 aromatic heterocycles. The summed E-state index contributed by atoms with van der Waals surface area (Å²) in [6, 6.07) is 42.0. The molecule has 0 bridgehead atoms. The molecule has 1 aliphatic heterocycles. The maximum atomic E-state index is 5.23. The second-order valence-corrected chi connectivity index (χ2v) is 12.9. The fraction of sp³-hybridized carbons (Fsp3) is 0.0769. The topological polar surface area (TPSA) is 54.8 Å². The number of hydrogen-bond acceptors (Lipinski definition) is 6. The molecule has 6 heteroatoms. The molecule has 9 rings (SSSR count). The minimum atomic E-state index is -0.294. The minimum absolute atomic E-state index is 0.294. The molecule has 0 spiro atoms. The highest BCUT2D eigenvalue weighted by Gasteiger charge is 2.41. The van der Waals surface area contributed by atoms with Gasteiger partial charge in [0.1, 0.15) is 4.83 Å². The first-order chi connectivity index (χ1) is 22.1. The summed E-state index contributed by atoms with van der Waals surface area (Å²) in [4.78, 5) is 23.6. The first-order valence-corrected chi connectivity index (χ1v) is 15.9. The molecule has 0 aliphatic carbocycles. The van der Waals surface area contributed by atoms with E-state index in [2.05, 4.69) is 97.6 Å². The lowest BCUT2D eigenvalue weighted by Gasteiger charge is -2.42. The summed E-state index contributed by atoms with van der Waals surface area (Å²) in [5.74, 6) is 1.87. The monoisotopic (exact) mass is 597 g/mol. The van der Waals surface area contributed by atoms with Crippen molar-refractivity contribution in [2.75, 3.05) is 4.90 Å². The van der Waals surface area contributed by atoms with Gasteiger partial charge in [0.25, 0.3) is 0 Å². The second-order valence-electron chi connectivity index (χ2n) is 11.9. The van der Waals surface area contributed by atoms with Gasteiger partial charge < -0.3 is 0 Å². The highest BCUT2D eigenvalue weighted by Crippen LogP contribution is 2.58. The third-order valence-electron chi connectivity index (χ3n) is 8.94. The van der Waals surface area contributed by atoms with E-state index in [1.165, 1.54) is 37.4 Å². The van der Waals surface area contributed by atoms with Crippen molar-refractivity contribution in [2.45, 2.75) is 19.3 Å². The van der Waals surface area contributed by atoms with Crippen LogP contribution in [0.2, 0.25) is 0 Å². The third-order valence-corrected chi connectivity index (χ3v) is 10.1. The summed E-state index contributed by atoms with van der Waals surface area (Å²) in [5, 5.41) is 4.86. The molecule has 5 nitrogen and oxygen atoms in total. The zero-order valence-corrected chi connectivity index (χ0v) is 25.6. The summed E-state index contributed by atoms with van der Waals surface area (Å²) in [6.07, 6.45) is 1.88. The number of fused-ring (bicyclic) bond motifs is 9. The second kappa shape index (κ2) is 9.78. The van der Waals surface area contributed by atoms with E-state index in [0.29, 0.717) is 17.6 Å². The van der Waals surface area contributed by atoms with Crippen LogP contribution in [0, 0.1) is 0 Å². The first kappa shape index (κ1) is 26.0. The van der Waals surface area contributed by atoms with E-state index in [1.807, 2.05) is 48.7 Å². The predicted molar refractivity (Wildman–Crippen MR) is 186 cm³/mol. The molecule has 0 radical (unpaired) electrons. The lowest BCUT2D eigenvalue weighted by molar-refractivity contribution is 0.638. The van der Waals surface area contributed by atoms with E-state index < -0.39 is 0 Å². The molecule has 0 atom stereocenters. The van der Waals surface area contributed by atoms with Gasteiger partial charge in [-0.3, -0.25) is 4.90 Å². The number of para-hydroxylation sites is 1. The zero-order valence-electron chi connectivity index (χ0n) is 24.8. The van der Waals surface area contributed by atoms with Crippen molar-refractivity contribution in [1.29, 1.82) is 0 Å². The molecule has 1 aliphatic rings. The SMILES string of the molecule is CC1(C)c2ccccc2N(c2nc(-c3ccccc3)nc(-c3ccccc3)n2)c2c1c1ccccc1c1c2sc2ncccc21. The van der Waals surface area contributed by atoms with Crippen LogP contribution in [-0.4, -0.2) is 19.9 Å². The van der Waals surface area contributed by atoms with Crippen LogP contribution in [0.1, 0.15) is 25.0 Å². The Kier molecular flexibility index (Phi) is 5.64. The molecular weight excluding hydrogens is 571 g/mol. The lowest BCUT2D eigenvalue weighted by Crippen LogP contribution is -2.32. The van der Waals surface area contributed by atoms with E-state index in [1.54, 1.807) is 11.3 Å². The van der Waals surface area contributed by atoms with Gasteiger partial charge in [-0.2, -0.15) is 9.97 Å². The van der Waals surface area contributed by atoms with E-state index in [-0.39, 0.29) is 5.41 Å². The largest absolute Gasteiger partial charge is 0.277 e. The van der Waals surface area contributed by atoms with E-state index in [0.717, 1.165) is 27.3 Å². The van der Waals surface area contributed by atoms with Gasteiger partial charge >= 0.3 is 0 Å². The number of anilines is 3. The van der Waals surface area contributed by atoms with Gasteiger partial charge in [-0.15, -0.1) is 11.3 Å². The summed E-state index contributed by atoms with van der Waals surface area (Å²) >= 11 is 1.74. The number of pyridine rings is 1. The van der Waals surface area contributed by atoms with Gasteiger partial charge in [0.15, 0.2) is 11.6 Å². The minimum Gasteiger partial charge on any atom is -0.277 e. The molecule has 0 N–H and O–H groups in total. The van der Waals surface area contributed by atoms with E-state index >= 15 is 0 Å². The maximum absolute atomic E-state index is 5.23. The molecule has 214 valence electrons. The molecule has 5 aromatic carbocycles. The van der Waals surface area contributed by atoms with Crippen LogP contribution in [-0.2, 0) is 5.41 Å². The fourth-order valence-electron chi connectivity index (χ4n) is 6.93. The fourth-order valence-corrected chi connectivity index (χ4v) is 8.13. The highest BCUT2D eigenvalue weighted by atomic mass is 32.1.